The minimum absolute atomic E-state index is 0.0846. The molecule has 4 heterocycles. The number of halogens is 1. The highest BCUT2D eigenvalue weighted by molar-refractivity contribution is 5.91. The Labute approximate surface area is 443 Å². The molecule has 19 heteroatoms. The average Bonchev–Trinajstić information content (AvgIpc) is 3.88. The lowest BCUT2D eigenvalue weighted by atomic mass is 9.74. The van der Waals surface area contributed by atoms with Gasteiger partial charge in [-0.3, -0.25) is 14.4 Å². The van der Waals surface area contributed by atoms with Gasteiger partial charge >= 0.3 is 5.97 Å². The van der Waals surface area contributed by atoms with E-state index in [2.05, 4.69) is 39.2 Å². The summed E-state index contributed by atoms with van der Waals surface area (Å²) >= 11 is 0. The molecule has 3 N–H and O–H groups in total. The molecular weight excluding hydrogens is 966 g/mol. The van der Waals surface area contributed by atoms with Crippen LogP contribution in [0.15, 0.2) is 42.9 Å². The van der Waals surface area contributed by atoms with Crippen molar-refractivity contribution in [2.24, 2.45) is 35.5 Å². The number of nitrogens with two attached hydrogens (primary N) is 1. The van der Waals surface area contributed by atoms with E-state index in [0.29, 0.717) is 31.5 Å². The molecule has 1 aliphatic carbocycles. The second kappa shape index (κ2) is 25.9. The molecule has 1 aromatic carbocycles. The highest BCUT2D eigenvalue weighted by atomic mass is 19.1. The molecule has 3 aromatic rings. The largest absolute Gasteiger partial charge is 0.462 e. The third-order valence-electron chi connectivity index (χ3n) is 16.9. The molecule has 3 fully saturated rings. The number of esters is 1. The minimum Gasteiger partial charge on any atom is -0.462 e. The summed E-state index contributed by atoms with van der Waals surface area (Å²) in [4.78, 5) is 52.5. The van der Waals surface area contributed by atoms with Crippen LogP contribution in [0, 0.1) is 35.5 Å². The predicted molar refractivity (Wildman–Crippen MR) is 280 cm³/mol. The number of alkyl halides is 1. The molecule has 75 heavy (non-hydrogen) atoms. The normalized spacial score (nSPS) is 35.5. The summed E-state index contributed by atoms with van der Waals surface area (Å²) < 4.78 is 61.4. The monoisotopic (exact) mass is 1050 g/mol. The number of ketones is 2. The maximum atomic E-state index is 14.9. The van der Waals surface area contributed by atoms with Crippen molar-refractivity contribution in [3.8, 4) is 11.1 Å². The number of nitrogen functional groups attached to an aromatic ring is 1. The Kier molecular flexibility index (Phi) is 20.7. The Morgan fingerprint density at radius 1 is 0.907 bits per heavy atom. The number of cyclic esters (lactones) is 1. The molecule has 0 radical (unpaired) electrons. The SMILES string of the molecule is CC[C@H]1OC(=O)C(C)[C@@H](O[C@H]2C[C@@](C)(OC)C(=O)C(C)O2)[C@H](C)[C@@H](OC2C[C@H](C)C[C@H](N(C)CCc3cn(C(CF)C(OC)c4ccc(-c5cnc(N)nc5)cc4)nn3)C2)[C@](C)(OC)C[C@@H](C)C(=O)C(C)C(O)[C@H]1C. The number of rotatable bonds is 17. The first-order valence-electron chi connectivity index (χ1n) is 26.9. The lowest BCUT2D eigenvalue weighted by molar-refractivity contribution is -0.265. The predicted octanol–water partition coefficient (Wildman–Crippen LogP) is 7.37. The number of methoxy groups -OCH3 is 3. The third kappa shape index (κ3) is 13.9. The molecule has 7 unspecified atom stereocenters. The van der Waals surface area contributed by atoms with Gasteiger partial charge in [0.1, 0.15) is 42.4 Å². The topological polar surface area (TPSA) is 222 Å². The number of hydrogen-bond acceptors (Lipinski definition) is 17. The van der Waals surface area contributed by atoms with Crippen LogP contribution in [0.5, 0.6) is 0 Å². The van der Waals surface area contributed by atoms with Crippen LogP contribution in [-0.4, -0.2) is 154 Å². The van der Waals surface area contributed by atoms with Crippen molar-refractivity contribution in [2.75, 3.05) is 47.3 Å². The first-order valence-corrected chi connectivity index (χ1v) is 26.9. The van der Waals surface area contributed by atoms with Gasteiger partial charge in [-0.1, -0.05) is 71.0 Å². The highest BCUT2D eigenvalue weighted by Gasteiger charge is 2.52. The number of aromatic nitrogens is 5. The van der Waals surface area contributed by atoms with Crippen molar-refractivity contribution >= 4 is 23.5 Å². The van der Waals surface area contributed by atoms with Gasteiger partial charge in [0.25, 0.3) is 0 Å². The van der Waals surface area contributed by atoms with Crippen LogP contribution >= 0.6 is 0 Å². The molecular formula is C56H86FN7O11. The molecule has 2 aliphatic heterocycles. The molecule has 6 rings (SSSR count). The van der Waals surface area contributed by atoms with Crippen LogP contribution in [0.25, 0.3) is 11.1 Å². The molecule has 0 amide bonds. The number of hydrogen-bond donors (Lipinski definition) is 2. The van der Waals surface area contributed by atoms with E-state index in [9.17, 15) is 23.9 Å². The standard InChI is InChI=1S/C56H86FN7O11/c1-15-45-33(4)48(66)34(5)47(65)32(3)25-56(10,71-14)52(35(6)49(36(7)53(68)74-45)75-46-26-55(9,70-13)51(67)37(8)72-46)73-43-23-31(2)22-42(24-43)63(11)21-20-41-30-64(62-61-41)44(27-57)50(69-12)39-18-16-38(17-19-39)40-28-59-54(58)60-29-40/h16-19,28-37,42-46,48-50,52,66H,15,20-27H2,1-14H3,(H2,58,59,60)/t31-,32-,33+,34?,35+,36?,37?,42+,43?,44?,45-,46+,48?,49+,50?,52-,55-,56-/m1/s1. The van der Waals surface area contributed by atoms with Crippen LogP contribution in [0.3, 0.4) is 0 Å². The summed E-state index contributed by atoms with van der Waals surface area (Å²) in [6.45, 7) is 18.5. The van der Waals surface area contributed by atoms with E-state index in [1.165, 1.54) is 7.11 Å². The number of aliphatic hydroxyl groups excluding tert-OH is 1. The minimum atomic E-state index is -1.19. The van der Waals surface area contributed by atoms with Crippen molar-refractivity contribution < 1.29 is 57.0 Å². The zero-order chi connectivity index (χ0) is 55.1. The number of carbonyl (C=O) groups is 3. The van der Waals surface area contributed by atoms with E-state index >= 15 is 0 Å². The Bertz CT molecular complexity index is 2330. The van der Waals surface area contributed by atoms with E-state index in [-0.39, 0.29) is 48.4 Å². The van der Waals surface area contributed by atoms with E-state index < -0.39 is 102 Å². The summed E-state index contributed by atoms with van der Waals surface area (Å²) in [6.07, 6.45) is 2.69. The second-order valence-corrected chi connectivity index (χ2v) is 22.4. The van der Waals surface area contributed by atoms with Gasteiger partial charge < -0.3 is 48.9 Å². The van der Waals surface area contributed by atoms with Gasteiger partial charge in [0.15, 0.2) is 12.1 Å². The first-order chi connectivity index (χ1) is 35.5. The number of likely N-dealkylation sites (N-methyl/N-ethyl adjacent to an activating group) is 1. The zero-order valence-electron chi connectivity index (χ0n) is 46.8. The number of aliphatic hydroxyl groups is 1. The molecule has 0 spiro atoms. The van der Waals surface area contributed by atoms with Gasteiger partial charge in [0, 0.05) is 94.6 Å². The first kappa shape index (κ1) is 59.9. The van der Waals surface area contributed by atoms with Crippen molar-refractivity contribution in [1.29, 1.82) is 0 Å². The molecule has 18 atom stereocenters. The number of Topliss-reactive ketones (excluding diaryl/α,β-unsaturated/α-hetero) is 2. The maximum absolute atomic E-state index is 14.9. The lowest BCUT2D eigenvalue weighted by Crippen LogP contribution is -2.58. The summed E-state index contributed by atoms with van der Waals surface area (Å²) in [5, 5.41) is 20.5. The lowest BCUT2D eigenvalue weighted by Gasteiger charge is -2.48. The number of anilines is 1. The molecule has 2 saturated heterocycles. The molecule has 0 bridgehead atoms. The van der Waals surface area contributed by atoms with Crippen molar-refractivity contribution in [1.82, 2.24) is 29.9 Å². The van der Waals surface area contributed by atoms with Gasteiger partial charge in [0.2, 0.25) is 5.95 Å². The van der Waals surface area contributed by atoms with Crippen LogP contribution in [0.1, 0.15) is 131 Å². The summed E-state index contributed by atoms with van der Waals surface area (Å²) in [5.41, 5.74) is 6.55. The summed E-state index contributed by atoms with van der Waals surface area (Å²) in [6, 6.07) is 6.95. The summed E-state index contributed by atoms with van der Waals surface area (Å²) in [7, 11) is 6.74. The van der Waals surface area contributed by atoms with Crippen molar-refractivity contribution in [3.63, 3.8) is 0 Å². The van der Waals surface area contributed by atoms with E-state index in [0.717, 1.165) is 29.5 Å². The second-order valence-electron chi connectivity index (χ2n) is 22.4. The van der Waals surface area contributed by atoms with Crippen LogP contribution in [-0.2, 0) is 54.0 Å². The number of carbonyl (C=O) groups excluding carboxylic acids is 3. The zero-order valence-corrected chi connectivity index (χ0v) is 46.8. The van der Waals surface area contributed by atoms with Gasteiger partial charge in [-0.05, 0) is 83.9 Å². The molecule has 18 nitrogen and oxygen atoms in total. The van der Waals surface area contributed by atoms with E-state index in [4.69, 9.17) is 38.9 Å². The fourth-order valence-corrected chi connectivity index (χ4v) is 12.0. The van der Waals surface area contributed by atoms with Crippen LogP contribution < -0.4 is 5.73 Å². The van der Waals surface area contributed by atoms with Gasteiger partial charge in [0.05, 0.1) is 41.6 Å². The Morgan fingerprint density at radius 2 is 1.59 bits per heavy atom. The highest BCUT2D eigenvalue weighted by Crippen LogP contribution is 2.42. The number of ether oxygens (including phenoxy) is 7. The maximum Gasteiger partial charge on any atom is 0.311 e. The fraction of sp³-hybridized carbons (Fsp3) is 0.732. The van der Waals surface area contributed by atoms with Crippen molar-refractivity contribution in [3.05, 3.63) is 54.1 Å². The average molecular weight is 1050 g/mol. The van der Waals surface area contributed by atoms with Crippen LogP contribution in [0.2, 0.25) is 0 Å². The third-order valence-corrected chi connectivity index (χ3v) is 16.9. The Morgan fingerprint density at radius 3 is 2.20 bits per heavy atom. The fourth-order valence-electron chi connectivity index (χ4n) is 12.0. The van der Waals surface area contributed by atoms with E-state index in [1.807, 2.05) is 58.9 Å². The molecule has 3 aliphatic rings. The quantitative estimate of drug-likeness (QED) is 0.126. The van der Waals surface area contributed by atoms with Crippen molar-refractivity contribution in [2.45, 2.75) is 186 Å². The van der Waals surface area contributed by atoms with Gasteiger partial charge in [-0.25, -0.2) is 19.0 Å². The van der Waals surface area contributed by atoms with Gasteiger partial charge in [-0.2, -0.15) is 0 Å². The van der Waals surface area contributed by atoms with Gasteiger partial charge in [-0.15, -0.1) is 5.10 Å². The number of benzene rings is 1. The smallest absolute Gasteiger partial charge is 0.311 e. The molecule has 418 valence electrons. The Balaban J connectivity index is 1.23. The Hall–Kier alpha value is -4.34. The summed E-state index contributed by atoms with van der Waals surface area (Å²) in [5.74, 6) is -3.68. The van der Waals surface area contributed by atoms with E-state index in [1.54, 1.807) is 65.2 Å². The van der Waals surface area contributed by atoms with Crippen LogP contribution in [0.4, 0.5) is 10.3 Å². The molecule has 1 saturated carbocycles. The number of nitrogens with zero attached hydrogens (tertiary/aromatic N) is 6. The molecule has 2 aromatic heterocycles.